The molecule has 0 aliphatic carbocycles. The largest absolute Gasteiger partial charge is 0.437 e. The number of nitrogens with zero attached hydrogens (tertiary/aromatic N) is 3. The van der Waals surface area contributed by atoms with Crippen LogP contribution in [0.15, 0.2) is 42.7 Å². The zero-order valence-corrected chi connectivity index (χ0v) is 9.75. The number of halogens is 1. The van der Waals surface area contributed by atoms with E-state index in [9.17, 15) is 4.39 Å². The predicted octanol–water partition coefficient (Wildman–Crippen LogP) is 2.54. The third-order valence-electron chi connectivity index (χ3n) is 2.49. The molecule has 0 aliphatic heterocycles. The van der Waals surface area contributed by atoms with E-state index in [2.05, 4.69) is 15.0 Å². The molecule has 5 nitrogen and oxygen atoms in total. The van der Waals surface area contributed by atoms with Gasteiger partial charge in [0.25, 0.3) is 0 Å². The minimum absolute atomic E-state index is 0.209. The van der Waals surface area contributed by atoms with E-state index in [1.807, 2.05) is 0 Å². The average molecular weight is 256 g/mol. The van der Waals surface area contributed by atoms with Crippen LogP contribution in [-0.4, -0.2) is 15.0 Å². The molecule has 0 unspecified atom stereocenters. The van der Waals surface area contributed by atoms with Crippen LogP contribution in [0.5, 0.6) is 11.6 Å². The van der Waals surface area contributed by atoms with E-state index in [4.69, 9.17) is 10.5 Å². The molecule has 0 amide bonds. The van der Waals surface area contributed by atoms with Crippen molar-refractivity contribution in [1.29, 1.82) is 0 Å². The number of fused-ring (bicyclic) bond motifs is 1. The Morgan fingerprint density at radius 3 is 2.74 bits per heavy atom. The summed E-state index contributed by atoms with van der Waals surface area (Å²) in [6.07, 6.45) is 3.13. The van der Waals surface area contributed by atoms with Gasteiger partial charge in [-0.15, -0.1) is 0 Å². The van der Waals surface area contributed by atoms with Crippen molar-refractivity contribution in [2.24, 2.45) is 0 Å². The SMILES string of the molecule is Nc1cc(F)ccc1Oc1ccc2nccnc2n1. The van der Waals surface area contributed by atoms with Crippen LogP contribution in [0.4, 0.5) is 10.1 Å². The van der Waals surface area contributed by atoms with Crippen molar-refractivity contribution in [2.75, 3.05) is 5.73 Å². The third kappa shape index (κ3) is 2.28. The monoisotopic (exact) mass is 256 g/mol. The van der Waals surface area contributed by atoms with Crippen molar-refractivity contribution < 1.29 is 9.13 Å². The molecule has 3 aromatic rings. The Labute approximate surface area is 107 Å². The fraction of sp³-hybridized carbons (Fsp3) is 0. The first-order valence-corrected chi connectivity index (χ1v) is 5.53. The first-order chi connectivity index (χ1) is 9.22. The maximum Gasteiger partial charge on any atom is 0.221 e. The highest BCUT2D eigenvalue weighted by atomic mass is 19.1. The van der Waals surface area contributed by atoms with Gasteiger partial charge in [-0.25, -0.2) is 9.37 Å². The fourth-order valence-corrected chi connectivity index (χ4v) is 1.62. The Kier molecular flexibility index (Phi) is 2.68. The Bertz CT molecular complexity index is 748. The lowest BCUT2D eigenvalue weighted by Gasteiger charge is -2.07. The second-order valence-electron chi connectivity index (χ2n) is 3.83. The van der Waals surface area contributed by atoms with Gasteiger partial charge in [0.15, 0.2) is 11.4 Å². The Hall–Kier alpha value is -2.76. The van der Waals surface area contributed by atoms with Crippen LogP contribution in [0.2, 0.25) is 0 Å². The molecule has 2 aromatic heterocycles. The molecule has 0 spiro atoms. The summed E-state index contributed by atoms with van der Waals surface area (Å²) in [7, 11) is 0. The Morgan fingerprint density at radius 1 is 1.05 bits per heavy atom. The van der Waals surface area contributed by atoms with Crippen molar-refractivity contribution in [3.05, 3.63) is 48.5 Å². The number of nitrogen functional groups attached to an aromatic ring is 1. The zero-order chi connectivity index (χ0) is 13.2. The highest BCUT2D eigenvalue weighted by Crippen LogP contribution is 2.27. The normalized spacial score (nSPS) is 10.6. The smallest absolute Gasteiger partial charge is 0.221 e. The van der Waals surface area contributed by atoms with E-state index in [1.165, 1.54) is 18.2 Å². The standard InChI is InChI=1S/C13H9FN4O/c14-8-1-3-11(9(15)7-8)19-12-4-2-10-13(18-12)17-6-5-16-10/h1-7H,15H2. The second-order valence-corrected chi connectivity index (χ2v) is 3.83. The number of rotatable bonds is 2. The van der Waals surface area contributed by atoms with Gasteiger partial charge < -0.3 is 10.5 Å². The van der Waals surface area contributed by atoms with Crippen LogP contribution in [0, 0.1) is 5.82 Å². The number of benzene rings is 1. The summed E-state index contributed by atoms with van der Waals surface area (Å²) < 4.78 is 18.4. The molecule has 3 rings (SSSR count). The molecular formula is C13H9FN4O. The van der Waals surface area contributed by atoms with Crippen molar-refractivity contribution >= 4 is 16.9 Å². The maximum absolute atomic E-state index is 12.9. The lowest BCUT2D eigenvalue weighted by atomic mass is 10.3. The number of aromatic nitrogens is 3. The molecule has 0 bridgehead atoms. The van der Waals surface area contributed by atoms with E-state index >= 15 is 0 Å². The van der Waals surface area contributed by atoms with Crippen molar-refractivity contribution in [1.82, 2.24) is 15.0 Å². The molecule has 2 heterocycles. The number of pyridine rings is 1. The van der Waals surface area contributed by atoms with Gasteiger partial charge in [-0.05, 0) is 18.2 Å². The molecule has 0 saturated carbocycles. The number of hydrogen-bond acceptors (Lipinski definition) is 5. The summed E-state index contributed by atoms with van der Waals surface area (Å²) in [5.74, 6) is 0.255. The van der Waals surface area contributed by atoms with Gasteiger partial charge in [-0.3, -0.25) is 4.98 Å². The summed E-state index contributed by atoms with van der Waals surface area (Å²) in [5.41, 5.74) is 7.01. The molecule has 19 heavy (non-hydrogen) atoms. The van der Waals surface area contributed by atoms with Gasteiger partial charge in [0, 0.05) is 24.5 Å². The van der Waals surface area contributed by atoms with Crippen LogP contribution in [0.25, 0.3) is 11.2 Å². The molecule has 6 heteroatoms. The lowest BCUT2D eigenvalue weighted by Crippen LogP contribution is -1.95. The lowest BCUT2D eigenvalue weighted by molar-refractivity contribution is 0.465. The predicted molar refractivity (Wildman–Crippen MR) is 68.2 cm³/mol. The van der Waals surface area contributed by atoms with Gasteiger partial charge in [0.2, 0.25) is 5.88 Å². The van der Waals surface area contributed by atoms with Crippen LogP contribution in [-0.2, 0) is 0 Å². The van der Waals surface area contributed by atoms with Gasteiger partial charge in [0.05, 0.1) is 5.69 Å². The van der Waals surface area contributed by atoms with E-state index in [0.717, 1.165) is 0 Å². The van der Waals surface area contributed by atoms with Gasteiger partial charge in [-0.2, -0.15) is 4.98 Å². The molecule has 1 aromatic carbocycles. The minimum atomic E-state index is -0.415. The van der Waals surface area contributed by atoms with Crippen molar-refractivity contribution in [3.63, 3.8) is 0 Å². The van der Waals surface area contributed by atoms with Gasteiger partial charge >= 0.3 is 0 Å². The molecule has 0 aliphatic rings. The number of ether oxygens (including phenoxy) is 1. The quantitative estimate of drug-likeness (QED) is 0.713. The fourth-order valence-electron chi connectivity index (χ4n) is 1.62. The van der Waals surface area contributed by atoms with Crippen LogP contribution >= 0.6 is 0 Å². The summed E-state index contributed by atoms with van der Waals surface area (Å²) >= 11 is 0. The number of hydrogen-bond donors (Lipinski definition) is 1. The summed E-state index contributed by atoms with van der Waals surface area (Å²) in [4.78, 5) is 12.4. The highest BCUT2D eigenvalue weighted by Gasteiger charge is 2.06. The molecule has 0 fully saturated rings. The van der Waals surface area contributed by atoms with E-state index in [1.54, 1.807) is 24.5 Å². The highest BCUT2D eigenvalue weighted by molar-refractivity contribution is 5.69. The van der Waals surface area contributed by atoms with E-state index in [0.29, 0.717) is 22.8 Å². The van der Waals surface area contributed by atoms with Crippen molar-refractivity contribution in [3.8, 4) is 11.6 Å². The second kappa shape index (κ2) is 4.49. The average Bonchev–Trinajstić information content (AvgIpc) is 2.42. The van der Waals surface area contributed by atoms with E-state index in [-0.39, 0.29) is 5.69 Å². The zero-order valence-electron chi connectivity index (χ0n) is 9.75. The van der Waals surface area contributed by atoms with E-state index < -0.39 is 5.82 Å². The maximum atomic E-state index is 12.9. The topological polar surface area (TPSA) is 73.9 Å². The van der Waals surface area contributed by atoms with Gasteiger partial charge in [0.1, 0.15) is 11.3 Å². The molecule has 94 valence electrons. The first kappa shape index (κ1) is 11.3. The van der Waals surface area contributed by atoms with Crippen LogP contribution < -0.4 is 10.5 Å². The number of anilines is 1. The van der Waals surface area contributed by atoms with Crippen LogP contribution in [0.3, 0.4) is 0 Å². The molecule has 0 saturated heterocycles. The first-order valence-electron chi connectivity index (χ1n) is 5.53. The van der Waals surface area contributed by atoms with Crippen LogP contribution in [0.1, 0.15) is 0 Å². The van der Waals surface area contributed by atoms with Gasteiger partial charge in [-0.1, -0.05) is 0 Å². The minimum Gasteiger partial charge on any atom is -0.437 e. The third-order valence-corrected chi connectivity index (χ3v) is 2.49. The molecule has 2 N–H and O–H groups in total. The number of nitrogens with two attached hydrogens (primary N) is 1. The Morgan fingerprint density at radius 2 is 1.89 bits per heavy atom. The molecular weight excluding hydrogens is 247 g/mol. The Balaban J connectivity index is 1.96. The molecule has 0 radical (unpaired) electrons. The molecule has 0 atom stereocenters. The summed E-state index contributed by atoms with van der Waals surface area (Å²) in [6.45, 7) is 0. The van der Waals surface area contributed by atoms with Crippen molar-refractivity contribution in [2.45, 2.75) is 0 Å². The summed E-state index contributed by atoms with van der Waals surface area (Å²) in [6, 6.07) is 7.31. The summed E-state index contributed by atoms with van der Waals surface area (Å²) in [5, 5.41) is 0.